The van der Waals surface area contributed by atoms with Crippen molar-refractivity contribution in [3.05, 3.63) is 0 Å². The number of amides is 4. The van der Waals surface area contributed by atoms with Crippen LogP contribution in [0.3, 0.4) is 0 Å². The van der Waals surface area contributed by atoms with Gasteiger partial charge in [-0.3, -0.25) is 19.2 Å². The molecule has 0 aliphatic carbocycles. The van der Waals surface area contributed by atoms with Crippen LogP contribution in [0, 0.1) is 0 Å². The lowest BCUT2D eigenvalue weighted by Gasteiger charge is -2.37. The first kappa shape index (κ1) is 14.1. The van der Waals surface area contributed by atoms with Gasteiger partial charge in [-0.15, -0.1) is 0 Å². The normalized spacial score (nSPS) is 15.9. The fraction of sp³-hybridized carbons (Fsp3) is 0.600. The van der Waals surface area contributed by atoms with Gasteiger partial charge in [-0.05, 0) is 0 Å². The highest BCUT2D eigenvalue weighted by molar-refractivity contribution is 5.99. The summed E-state index contributed by atoms with van der Waals surface area (Å²) in [4.78, 5) is 47.7. The summed E-state index contributed by atoms with van der Waals surface area (Å²) in [6.07, 6.45) is -0.0621. The van der Waals surface area contributed by atoms with Crippen molar-refractivity contribution >= 4 is 23.6 Å². The minimum Gasteiger partial charge on any atom is -0.335 e. The molecule has 1 aliphatic heterocycles. The molecule has 1 rings (SSSR count). The predicted octanol–water partition coefficient (Wildman–Crippen LogP) is -2.07. The minimum atomic E-state index is -0.612. The Morgan fingerprint density at radius 2 is 1.89 bits per heavy atom. The fourth-order valence-electron chi connectivity index (χ4n) is 1.60. The van der Waals surface area contributed by atoms with E-state index in [4.69, 9.17) is 5.73 Å². The first-order valence-corrected chi connectivity index (χ1v) is 5.46. The Kier molecular flexibility index (Phi) is 4.38. The Morgan fingerprint density at radius 1 is 1.28 bits per heavy atom. The third kappa shape index (κ3) is 2.83. The third-order valence-electron chi connectivity index (χ3n) is 2.51. The largest absolute Gasteiger partial charge is 0.335 e. The molecule has 2 N–H and O–H groups in total. The highest BCUT2D eigenvalue weighted by Gasteiger charge is 2.35. The van der Waals surface area contributed by atoms with Crippen LogP contribution in [0.25, 0.3) is 0 Å². The average molecular weight is 256 g/mol. The van der Waals surface area contributed by atoms with Crippen molar-refractivity contribution in [2.24, 2.45) is 5.73 Å². The zero-order valence-electron chi connectivity index (χ0n) is 10.4. The Hall–Kier alpha value is -1.96. The van der Waals surface area contributed by atoms with Gasteiger partial charge in [0.2, 0.25) is 17.7 Å². The maximum Gasteiger partial charge on any atom is 0.261 e. The number of rotatable bonds is 3. The number of imide groups is 1. The van der Waals surface area contributed by atoms with E-state index in [1.54, 1.807) is 0 Å². The molecule has 8 heteroatoms. The second-order valence-electron chi connectivity index (χ2n) is 3.96. The van der Waals surface area contributed by atoms with E-state index in [9.17, 15) is 19.2 Å². The van der Waals surface area contributed by atoms with E-state index in [0.717, 1.165) is 11.9 Å². The average Bonchev–Trinajstić information content (AvgIpc) is 2.25. The van der Waals surface area contributed by atoms with E-state index < -0.39 is 17.7 Å². The van der Waals surface area contributed by atoms with Crippen LogP contribution in [0.5, 0.6) is 0 Å². The van der Waals surface area contributed by atoms with E-state index in [0.29, 0.717) is 5.01 Å². The van der Waals surface area contributed by atoms with Crippen molar-refractivity contribution < 1.29 is 19.2 Å². The number of hydrazine groups is 1. The van der Waals surface area contributed by atoms with Crippen LogP contribution in [0.15, 0.2) is 0 Å². The molecule has 0 aromatic carbocycles. The van der Waals surface area contributed by atoms with Crippen LogP contribution >= 0.6 is 0 Å². The maximum atomic E-state index is 11.8. The Bertz CT molecular complexity index is 395. The molecule has 4 amide bonds. The smallest absolute Gasteiger partial charge is 0.261 e. The van der Waals surface area contributed by atoms with Gasteiger partial charge in [0.25, 0.3) is 5.91 Å². The van der Waals surface area contributed by atoms with Crippen LogP contribution in [0.4, 0.5) is 0 Å². The summed E-state index contributed by atoms with van der Waals surface area (Å²) in [5.74, 6) is -2.01. The first-order valence-electron chi connectivity index (χ1n) is 5.46. The SMILES string of the molecule is CC(=O)N(C(=O)CCN)N1CC(=O)N(C)CC1=O. The molecule has 1 fully saturated rings. The molecule has 0 atom stereocenters. The van der Waals surface area contributed by atoms with Gasteiger partial charge in [-0.25, -0.2) is 5.01 Å². The molecular formula is C10H16N4O4. The molecule has 0 unspecified atom stereocenters. The maximum absolute atomic E-state index is 11.8. The van der Waals surface area contributed by atoms with Crippen molar-refractivity contribution in [2.75, 3.05) is 26.7 Å². The summed E-state index contributed by atoms with van der Waals surface area (Å²) < 4.78 is 0. The molecule has 0 saturated carbocycles. The Morgan fingerprint density at radius 3 is 2.39 bits per heavy atom. The Labute approximate surface area is 104 Å². The molecule has 8 nitrogen and oxygen atoms in total. The number of piperazine rings is 1. The van der Waals surface area contributed by atoms with Gasteiger partial charge in [0.1, 0.15) is 13.1 Å². The topological polar surface area (TPSA) is 104 Å². The number of hydrogen-bond donors (Lipinski definition) is 1. The van der Waals surface area contributed by atoms with Crippen molar-refractivity contribution in [3.63, 3.8) is 0 Å². The standard InChI is InChI=1S/C10H16N4O4/c1-7(15)14(8(16)3-4-11)13-6-9(17)12(2)5-10(13)18/h3-6,11H2,1-2H3. The summed E-state index contributed by atoms with van der Waals surface area (Å²) in [5.41, 5.74) is 5.24. The van der Waals surface area contributed by atoms with E-state index >= 15 is 0 Å². The molecule has 0 radical (unpaired) electrons. The van der Waals surface area contributed by atoms with Crippen LogP contribution < -0.4 is 5.73 Å². The van der Waals surface area contributed by atoms with Gasteiger partial charge in [0.15, 0.2) is 0 Å². The zero-order chi connectivity index (χ0) is 13.9. The van der Waals surface area contributed by atoms with Crippen molar-refractivity contribution in [1.29, 1.82) is 0 Å². The molecule has 18 heavy (non-hydrogen) atoms. The highest BCUT2D eigenvalue weighted by Crippen LogP contribution is 2.09. The lowest BCUT2D eigenvalue weighted by Crippen LogP contribution is -2.61. The monoisotopic (exact) mass is 256 g/mol. The molecule has 0 spiro atoms. The molecular weight excluding hydrogens is 240 g/mol. The van der Waals surface area contributed by atoms with Gasteiger partial charge < -0.3 is 10.6 Å². The molecule has 1 saturated heterocycles. The number of carbonyl (C=O) groups excluding carboxylic acids is 4. The number of nitrogens with zero attached hydrogens (tertiary/aromatic N) is 3. The van der Waals surface area contributed by atoms with Crippen LogP contribution in [0.2, 0.25) is 0 Å². The summed E-state index contributed by atoms with van der Waals surface area (Å²) in [6, 6.07) is 0. The van der Waals surface area contributed by atoms with E-state index in [1.807, 2.05) is 0 Å². The minimum absolute atomic E-state index is 0.0621. The molecule has 0 aromatic heterocycles. The van der Waals surface area contributed by atoms with E-state index in [1.165, 1.54) is 11.9 Å². The Balaban J connectivity index is 2.92. The lowest BCUT2D eigenvalue weighted by molar-refractivity contribution is -0.178. The van der Waals surface area contributed by atoms with Gasteiger partial charge in [0, 0.05) is 26.9 Å². The van der Waals surface area contributed by atoms with Crippen LogP contribution in [0.1, 0.15) is 13.3 Å². The number of nitrogens with two attached hydrogens (primary N) is 1. The second-order valence-corrected chi connectivity index (χ2v) is 3.96. The van der Waals surface area contributed by atoms with E-state index in [2.05, 4.69) is 0 Å². The van der Waals surface area contributed by atoms with Gasteiger partial charge in [-0.1, -0.05) is 0 Å². The van der Waals surface area contributed by atoms with E-state index in [-0.39, 0.29) is 32.0 Å². The van der Waals surface area contributed by atoms with Gasteiger partial charge in [0.05, 0.1) is 0 Å². The summed E-state index contributed by atoms with van der Waals surface area (Å²) >= 11 is 0. The fourth-order valence-corrected chi connectivity index (χ4v) is 1.60. The predicted molar refractivity (Wildman–Crippen MR) is 60.5 cm³/mol. The molecule has 1 heterocycles. The van der Waals surface area contributed by atoms with Crippen molar-refractivity contribution in [2.45, 2.75) is 13.3 Å². The molecule has 0 aromatic rings. The number of likely N-dealkylation sites (N-methyl/N-ethyl adjacent to an activating group) is 1. The second kappa shape index (κ2) is 5.58. The van der Waals surface area contributed by atoms with Gasteiger partial charge in [-0.2, -0.15) is 5.01 Å². The summed E-state index contributed by atoms with van der Waals surface area (Å²) in [6.45, 7) is 0.757. The van der Waals surface area contributed by atoms with Crippen molar-refractivity contribution in [3.8, 4) is 0 Å². The van der Waals surface area contributed by atoms with Crippen molar-refractivity contribution in [1.82, 2.24) is 14.9 Å². The first-order chi connectivity index (χ1) is 8.38. The highest BCUT2D eigenvalue weighted by atomic mass is 16.2. The molecule has 100 valence electrons. The molecule has 1 aliphatic rings. The zero-order valence-corrected chi connectivity index (χ0v) is 10.4. The van der Waals surface area contributed by atoms with Crippen LogP contribution in [-0.2, 0) is 19.2 Å². The summed E-state index contributed by atoms with van der Waals surface area (Å²) in [7, 11) is 1.48. The third-order valence-corrected chi connectivity index (χ3v) is 2.51. The lowest BCUT2D eigenvalue weighted by atomic mass is 10.3. The number of hydrogen-bond acceptors (Lipinski definition) is 5. The van der Waals surface area contributed by atoms with Crippen LogP contribution in [-0.4, -0.2) is 65.2 Å². The quantitative estimate of drug-likeness (QED) is 0.624. The number of carbonyl (C=O) groups is 4. The summed E-state index contributed by atoms with van der Waals surface area (Å²) in [5, 5.41) is 1.57. The van der Waals surface area contributed by atoms with Gasteiger partial charge >= 0.3 is 0 Å². The molecule has 0 bridgehead atoms.